The first-order valence-electron chi connectivity index (χ1n) is 8.59. The highest BCUT2D eigenvalue weighted by atomic mass is 32.1. The average Bonchev–Trinajstić information content (AvgIpc) is 3.28. The van der Waals surface area contributed by atoms with E-state index in [2.05, 4.69) is 15.6 Å². The first-order valence-corrected chi connectivity index (χ1v) is 9.47. The van der Waals surface area contributed by atoms with Crippen LogP contribution in [0.4, 0.5) is 0 Å². The average molecular weight is 370 g/mol. The third kappa shape index (κ3) is 4.29. The van der Waals surface area contributed by atoms with E-state index in [-0.39, 0.29) is 17.7 Å². The fourth-order valence-corrected chi connectivity index (χ4v) is 3.31. The van der Waals surface area contributed by atoms with Gasteiger partial charge in [-0.25, -0.2) is 4.98 Å². The summed E-state index contributed by atoms with van der Waals surface area (Å²) in [5.74, 6) is -0.392. The summed E-state index contributed by atoms with van der Waals surface area (Å²) < 4.78 is 1.95. The number of fused-ring (bicyclic) bond motifs is 1. The predicted octanol–water partition coefficient (Wildman–Crippen LogP) is 2.51. The van der Waals surface area contributed by atoms with E-state index in [1.807, 2.05) is 60.3 Å². The second-order valence-electron chi connectivity index (χ2n) is 6.41. The molecule has 136 valence electrons. The fourth-order valence-electron chi connectivity index (χ4n) is 2.69. The minimum Gasteiger partial charge on any atom is -0.354 e. The number of hydrogen-bond acceptors (Lipinski definition) is 4. The molecule has 0 bridgehead atoms. The van der Waals surface area contributed by atoms with Crippen LogP contribution in [0.15, 0.2) is 48.1 Å². The van der Waals surface area contributed by atoms with Gasteiger partial charge in [-0.1, -0.05) is 26.0 Å². The molecule has 1 unspecified atom stereocenters. The maximum atomic E-state index is 12.5. The van der Waals surface area contributed by atoms with Crippen molar-refractivity contribution in [3.05, 3.63) is 58.7 Å². The van der Waals surface area contributed by atoms with Crippen molar-refractivity contribution in [2.75, 3.05) is 6.54 Å². The number of nitrogens with one attached hydrogen (secondary N) is 2. The number of pyridine rings is 1. The van der Waals surface area contributed by atoms with Crippen LogP contribution in [0.1, 0.15) is 29.2 Å². The maximum absolute atomic E-state index is 12.5. The fraction of sp³-hybridized carbons (Fsp3) is 0.316. The summed E-state index contributed by atoms with van der Waals surface area (Å²) in [6.07, 6.45) is 4.54. The number of carbonyl (C=O) groups is 2. The Bertz CT molecular complexity index is 853. The zero-order valence-electron chi connectivity index (χ0n) is 14.8. The molecule has 3 rings (SSSR count). The molecule has 3 aromatic heterocycles. The molecule has 0 fully saturated rings. The van der Waals surface area contributed by atoms with Gasteiger partial charge < -0.3 is 15.0 Å². The zero-order chi connectivity index (χ0) is 18.5. The molecule has 7 heteroatoms. The van der Waals surface area contributed by atoms with Crippen molar-refractivity contribution >= 4 is 28.8 Å². The van der Waals surface area contributed by atoms with Crippen LogP contribution in [0.3, 0.4) is 0 Å². The first kappa shape index (κ1) is 18.1. The number of hydrogen-bond donors (Lipinski definition) is 2. The van der Waals surface area contributed by atoms with Gasteiger partial charge in [-0.05, 0) is 29.5 Å². The van der Waals surface area contributed by atoms with Gasteiger partial charge in [-0.3, -0.25) is 9.59 Å². The minimum atomic E-state index is -0.564. The predicted molar refractivity (Wildman–Crippen MR) is 102 cm³/mol. The number of nitrogens with zero attached hydrogens (tertiary/aromatic N) is 2. The third-order valence-corrected chi connectivity index (χ3v) is 4.94. The summed E-state index contributed by atoms with van der Waals surface area (Å²) in [7, 11) is 0. The molecular formula is C19H22N4O2S. The van der Waals surface area contributed by atoms with Crippen molar-refractivity contribution in [2.24, 2.45) is 5.92 Å². The molecule has 3 aromatic rings. The summed E-state index contributed by atoms with van der Waals surface area (Å²) in [6.45, 7) is 4.31. The quantitative estimate of drug-likeness (QED) is 0.671. The topological polar surface area (TPSA) is 75.5 Å². The molecule has 26 heavy (non-hydrogen) atoms. The van der Waals surface area contributed by atoms with E-state index in [0.29, 0.717) is 17.8 Å². The van der Waals surface area contributed by atoms with E-state index in [4.69, 9.17) is 0 Å². The summed E-state index contributed by atoms with van der Waals surface area (Å²) >= 11 is 1.36. The van der Waals surface area contributed by atoms with Gasteiger partial charge in [0.15, 0.2) is 0 Å². The number of thiophene rings is 1. The second kappa shape index (κ2) is 8.14. The molecule has 2 N–H and O–H groups in total. The first-order chi connectivity index (χ1) is 12.5. The van der Waals surface area contributed by atoms with Crippen LogP contribution < -0.4 is 10.6 Å². The number of rotatable bonds is 7. The Morgan fingerprint density at radius 3 is 2.77 bits per heavy atom. The van der Waals surface area contributed by atoms with E-state index in [0.717, 1.165) is 11.3 Å². The van der Waals surface area contributed by atoms with Crippen LogP contribution in [0.25, 0.3) is 5.65 Å². The van der Waals surface area contributed by atoms with E-state index < -0.39 is 6.04 Å². The molecular weight excluding hydrogens is 348 g/mol. The monoisotopic (exact) mass is 370 g/mol. The zero-order valence-corrected chi connectivity index (χ0v) is 15.6. The Morgan fingerprint density at radius 2 is 2.08 bits per heavy atom. The summed E-state index contributed by atoms with van der Waals surface area (Å²) in [5.41, 5.74) is 1.80. The molecule has 0 aliphatic rings. The van der Waals surface area contributed by atoms with Crippen LogP contribution in [0.2, 0.25) is 0 Å². The van der Waals surface area contributed by atoms with Crippen molar-refractivity contribution in [3.63, 3.8) is 0 Å². The Morgan fingerprint density at radius 1 is 1.23 bits per heavy atom. The largest absolute Gasteiger partial charge is 0.354 e. The molecule has 0 aromatic carbocycles. The van der Waals surface area contributed by atoms with Gasteiger partial charge in [0, 0.05) is 25.4 Å². The van der Waals surface area contributed by atoms with Gasteiger partial charge >= 0.3 is 0 Å². The van der Waals surface area contributed by atoms with E-state index in [1.54, 1.807) is 6.07 Å². The van der Waals surface area contributed by atoms with Crippen molar-refractivity contribution in [1.82, 2.24) is 20.0 Å². The van der Waals surface area contributed by atoms with Crippen molar-refractivity contribution in [2.45, 2.75) is 26.3 Å². The van der Waals surface area contributed by atoms with E-state index in [9.17, 15) is 9.59 Å². The summed E-state index contributed by atoms with van der Waals surface area (Å²) in [6, 6.07) is 8.83. The Kier molecular flexibility index (Phi) is 5.68. The summed E-state index contributed by atoms with van der Waals surface area (Å²) in [5, 5.41) is 7.58. The van der Waals surface area contributed by atoms with Gasteiger partial charge in [0.25, 0.3) is 5.91 Å². The van der Waals surface area contributed by atoms with Crippen LogP contribution in [-0.2, 0) is 11.2 Å². The molecule has 0 spiro atoms. The normalized spacial score (nSPS) is 12.3. The third-order valence-electron chi connectivity index (χ3n) is 4.07. The number of carbonyl (C=O) groups excluding carboxylic acids is 2. The molecule has 0 radical (unpaired) electrons. The molecule has 3 heterocycles. The van der Waals surface area contributed by atoms with Gasteiger partial charge in [-0.2, -0.15) is 0 Å². The molecule has 6 nitrogen and oxygen atoms in total. The van der Waals surface area contributed by atoms with Crippen LogP contribution in [0, 0.1) is 5.92 Å². The molecule has 0 saturated heterocycles. The Hall–Kier alpha value is -2.67. The Labute approximate surface area is 156 Å². The van der Waals surface area contributed by atoms with Crippen molar-refractivity contribution < 1.29 is 9.59 Å². The standard InChI is InChI=1S/C19H22N4O2S/c1-13(2)17(22-18(24)15-6-5-11-26-15)19(25)20-9-8-14-12-23-10-4-3-7-16(23)21-14/h3-7,10-13,17H,8-9H2,1-2H3,(H,20,25)(H,22,24). The number of aromatic nitrogens is 2. The lowest BCUT2D eigenvalue weighted by Gasteiger charge is -2.21. The van der Waals surface area contributed by atoms with Crippen molar-refractivity contribution in [3.8, 4) is 0 Å². The lowest BCUT2D eigenvalue weighted by Crippen LogP contribution is -2.49. The van der Waals surface area contributed by atoms with Crippen LogP contribution in [-0.4, -0.2) is 33.8 Å². The SMILES string of the molecule is CC(C)C(NC(=O)c1cccs1)C(=O)NCCc1cn2ccccc2n1. The number of amides is 2. The van der Waals surface area contributed by atoms with E-state index >= 15 is 0 Å². The lowest BCUT2D eigenvalue weighted by atomic mass is 10.0. The molecule has 0 aliphatic carbocycles. The highest BCUT2D eigenvalue weighted by Crippen LogP contribution is 2.10. The van der Waals surface area contributed by atoms with Crippen LogP contribution in [0.5, 0.6) is 0 Å². The van der Waals surface area contributed by atoms with E-state index in [1.165, 1.54) is 11.3 Å². The molecule has 0 saturated carbocycles. The molecule has 0 aliphatic heterocycles. The Balaban J connectivity index is 1.55. The van der Waals surface area contributed by atoms with Crippen molar-refractivity contribution in [1.29, 1.82) is 0 Å². The lowest BCUT2D eigenvalue weighted by molar-refractivity contribution is -0.123. The molecule has 1 atom stereocenters. The highest BCUT2D eigenvalue weighted by Gasteiger charge is 2.24. The highest BCUT2D eigenvalue weighted by molar-refractivity contribution is 7.12. The van der Waals surface area contributed by atoms with Gasteiger partial charge in [0.1, 0.15) is 11.7 Å². The smallest absolute Gasteiger partial charge is 0.262 e. The molecule has 2 amide bonds. The minimum absolute atomic E-state index is 0.00546. The number of imidazole rings is 1. The second-order valence-corrected chi connectivity index (χ2v) is 7.36. The van der Waals surface area contributed by atoms with Gasteiger partial charge in [0.2, 0.25) is 5.91 Å². The summed E-state index contributed by atoms with van der Waals surface area (Å²) in [4.78, 5) is 29.9. The van der Waals surface area contributed by atoms with Gasteiger partial charge in [-0.15, -0.1) is 11.3 Å². The van der Waals surface area contributed by atoms with Gasteiger partial charge in [0.05, 0.1) is 10.6 Å². The maximum Gasteiger partial charge on any atom is 0.262 e. The van der Waals surface area contributed by atoms with Crippen LogP contribution >= 0.6 is 11.3 Å².